The molecule has 1 aromatic carbocycles. The number of aryl methyl sites for hydroxylation is 1. The van der Waals surface area contributed by atoms with Crippen molar-refractivity contribution < 1.29 is 0 Å². The van der Waals surface area contributed by atoms with Crippen LogP contribution in [0.15, 0.2) is 30.3 Å². The summed E-state index contributed by atoms with van der Waals surface area (Å²) >= 11 is 5.98. The van der Waals surface area contributed by atoms with Gasteiger partial charge in [0, 0.05) is 39.4 Å². The first-order valence-electron chi connectivity index (χ1n) is 6.44. The lowest BCUT2D eigenvalue weighted by Crippen LogP contribution is -2.18. The minimum atomic E-state index is 0.474. The molecule has 0 atom stereocenters. The molecule has 106 valence electrons. The Bertz CT molecular complexity index is 578. The Morgan fingerprint density at radius 1 is 1.10 bits per heavy atom. The van der Waals surface area contributed by atoms with E-state index >= 15 is 0 Å². The molecule has 0 bridgehead atoms. The third kappa shape index (κ3) is 3.61. The van der Waals surface area contributed by atoms with Crippen molar-refractivity contribution in [1.82, 2.24) is 9.97 Å². The zero-order chi connectivity index (χ0) is 14.7. The van der Waals surface area contributed by atoms with Gasteiger partial charge in [0.15, 0.2) is 0 Å². The van der Waals surface area contributed by atoms with E-state index in [4.69, 9.17) is 11.6 Å². The minimum absolute atomic E-state index is 0.474. The number of hydrogen-bond donors (Lipinski definition) is 0. The van der Waals surface area contributed by atoms with Crippen LogP contribution in [-0.4, -0.2) is 31.1 Å². The van der Waals surface area contributed by atoms with E-state index in [1.807, 2.05) is 28.1 Å². The fourth-order valence-corrected chi connectivity index (χ4v) is 2.22. The Labute approximate surface area is 125 Å². The SMILES string of the molecule is Cc1nc(Cl)cc(N(C)Cc2cccc(N(C)C)c2)n1. The van der Waals surface area contributed by atoms with E-state index in [9.17, 15) is 0 Å². The first-order valence-corrected chi connectivity index (χ1v) is 6.82. The monoisotopic (exact) mass is 290 g/mol. The summed E-state index contributed by atoms with van der Waals surface area (Å²) in [6.45, 7) is 2.62. The van der Waals surface area contributed by atoms with Crippen molar-refractivity contribution in [3.8, 4) is 0 Å². The van der Waals surface area contributed by atoms with Crippen LogP contribution in [0.25, 0.3) is 0 Å². The van der Waals surface area contributed by atoms with Gasteiger partial charge in [-0.3, -0.25) is 0 Å². The lowest BCUT2D eigenvalue weighted by atomic mass is 10.2. The molecule has 5 heteroatoms. The molecule has 0 saturated carbocycles. The maximum Gasteiger partial charge on any atom is 0.134 e. The second-order valence-corrected chi connectivity index (χ2v) is 5.40. The van der Waals surface area contributed by atoms with Crippen LogP contribution in [0.2, 0.25) is 5.15 Å². The van der Waals surface area contributed by atoms with E-state index in [-0.39, 0.29) is 0 Å². The average molecular weight is 291 g/mol. The summed E-state index contributed by atoms with van der Waals surface area (Å²) in [5.41, 5.74) is 2.42. The first kappa shape index (κ1) is 14.6. The van der Waals surface area contributed by atoms with Crippen molar-refractivity contribution in [3.63, 3.8) is 0 Å². The zero-order valence-corrected chi connectivity index (χ0v) is 13.0. The molecule has 2 aromatic rings. The topological polar surface area (TPSA) is 32.3 Å². The van der Waals surface area contributed by atoms with Gasteiger partial charge in [0.05, 0.1) is 0 Å². The van der Waals surface area contributed by atoms with Gasteiger partial charge in [0.25, 0.3) is 0 Å². The number of rotatable bonds is 4. The van der Waals surface area contributed by atoms with E-state index in [2.05, 4.69) is 44.0 Å². The highest BCUT2D eigenvalue weighted by molar-refractivity contribution is 6.29. The molecular formula is C15H19ClN4. The molecular weight excluding hydrogens is 272 g/mol. The zero-order valence-electron chi connectivity index (χ0n) is 12.3. The van der Waals surface area contributed by atoms with Crippen LogP contribution in [-0.2, 0) is 6.54 Å². The molecule has 0 unspecified atom stereocenters. The van der Waals surface area contributed by atoms with Gasteiger partial charge in [-0.15, -0.1) is 0 Å². The minimum Gasteiger partial charge on any atom is -0.378 e. The van der Waals surface area contributed by atoms with Crippen LogP contribution in [0.4, 0.5) is 11.5 Å². The quantitative estimate of drug-likeness (QED) is 0.810. The second-order valence-electron chi connectivity index (χ2n) is 5.02. The van der Waals surface area contributed by atoms with Gasteiger partial charge in [0.1, 0.15) is 16.8 Å². The summed E-state index contributed by atoms with van der Waals surface area (Å²) in [5, 5.41) is 0.474. The molecule has 4 nitrogen and oxygen atoms in total. The smallest absolute Gasteiger partial charge is 0.134 e. The Morgan fingerprint density at radius 3 is 2.50 bits per heavy atom. The lowest BCUT2D eigenvalue weighted by molar-refractivity contribution is 0.878. The predicted octanol–water partition coefficient (Wildman–Crippen LogP) is 3.14. The van der Waals surface area contributed by atoms with Gasteiger partial charge in [-0.2, -0.15) is 0 Å². The highest BCUT2D eigenvalue weighted by Gasteiger charge is 2.07. The molecule has 0 amide bonds. The number of benzene rings is 1. The molecule has 0 N–H and O–H groups in total. The van der Waals surface area contributed by atoms with Gasteiger partial charge in [-0.1, -0.05) is 23.7 Å². The summed E-state index contributed by atoms with van der Waals surface area (Å²) in [5.74, 6) is 1.51. The van der Waals surface area contributed by atoms with E-state index in [1.165, 1.54) is 11.3 Å². The fraction of sp³-hybridized carbons (Fsp3) is 0.333. The third-order valence-corrected chi connectivity index (χ3v) is 3.22. The van der Waals surface area contributed by atoms with Crippen LogP contribution >= 0.6 is 11.6 Å². The maximum atomic E-state index is 5.98. The number of aromatic nitrogens is 2. The molecule has 0 spiro atoms. The van der Waals surface area contributed by atoms with Gasteiger partial charge >= 0.3 is 0 Å². The standard InChI is InChI=1S/C15H19ClN4/c1-11-17-14(16)9-15(18-11)20(4)10-12-6-5-7-13(8-12)19(2)3/h5-9H,10H2,1-4H3. The number of hydrogen-bond acceptors (Lipinski definition) is 4. The Hall–Kier alpha value is -1.81. The van der Waals surface area contributed by atoms with E-state index in [1.54, 1.807) is 6.07 Å². The Kier molecular flexibility index (Phi) is 4.45. The molecule has 0 aliphatic rings. The molecule has 1 aromatic heterocycles. The van der Waals surface area contributed by atoms with Gasteiger partial charge in [-0.25, -0.2) is 9.97 Å². The summed E-state index contributed by atoms with van der Waals surface area (Å²) in [7, 11) is 6.08. The Morgan fingerprint density at radius 2 is 1.85 bits per heavy atom. The summed E-state index contributed by atoms with van der Waals surface area (Å²) in [4.78, 5) is 12.6. The average Bonchev–Trinajstić information content (AvgIpc) is 2.37. The number of halogens is 1. The van der Waals surface area contributed by atoms with Crippen molar-refractivity contribution >= 4 is 23.1 Å². The second kappa shape index (κ2) is 6.09. The molecule has 2 rings (SSSR count). The molecule has 20 heavy (non-hydrogen) atoms. The molecule has 0 saturated heterocycles. The van der Waals surface area contributed by atoms with Crippen molar-refractivity contribution in [2.75, 3.05) is 30.9 Å². The van der Waals surface area contributed by atoms with Crippen LogP contribution in [0.1, 0.15) is 11.4 Å². The van der Waals surface area contributed by atoms with E-state index in [0.29, 0.717) is 11.0 Å². The summed E-state index contributed by atoms with van der Waals surface area (Å²) < 4.78 is 0. The predicted molar refractivity (Wildman–Crippen MR) is 84.7 cm³/mol. The van der Waals surface area contributed by atoms with Crippen LogP contribution in [0, 0.1) is 6.92 Å². The van der Waals surface area contributed by atoms with Crippen molar-refractivity contribution in [3.05, 3.63) is 46.9 Å². The third-order valence-electron chi connectivity index (χ3n) is 3.03. The largest absolute Gasteiger partial charge is 0.378 e. The van der Waals surface area contributed by atoms with Crippen LogP contribution < -0.4 is 9.80 Å². The van der Waals surface area contributed by atoms with Crippen LogP contribution in [0.5, 0.6) is 0 Å². The Balaban J connectivity index is 2.18. The van der Waals surface area contributed by atoms with E-state index in [0.717, 1.165) is 12.4 Å². The van der Waals surface area contributed by atoms with Crippen molar-refractivity contribution in [1.29, 1.82) is 0 Å². The number of nitrogens with zero attached hydrogens (tertiary/aromatic N) is 4. The lowest BCUT2D eigenvalue weighted by Gasteiger charge is -2.20. The summed E-state index contributed by atoms with van der Waals surface area (Å²) in [6.07, 6.45) is 0. The van der Waals surface area contributed by atoms with Gasteiger partial charge in [-0.05, 0) is 24.6 Å². The van der Waals surface area contributed by atoms with Crippen LogP contribution in [0.3, 0.4) is 0 Å². The molecule has 0 fully saturated rings. The van der Waals surface area contributed by atoms with Crippen molar-refractivity contribution in [2.24, 2.45) is 0 Å². The fourth-order valence-electron chi connectivity index (χ4n) is 2.00. The van der Waals surface area contributed by atoms with E-state index < -0.39 is 0 Å². The molecule has 0 aliphatic carbocycles. The van der Waals surface area contributed by atoms with Gasteiger partial charge in [0.2, 0.25) is 0 Å². The number of anilines is 2. The highest BCUT2D eigenvalue weighted by atomic mass is 35.5. The molecule has 1 heterocycles. The molecule has 0 aliphatic heterocycles. The normalized spacial score (nSPS) is 10.4. The van der Waals surface area contributed by atoms with Gasteiger partial charge < -0.3 is 9.80 Å². The highest BCUT2D eigenvalue weighted by Crippen LogP contribution is 2.19. The summed E-state index contributed by atoms with van der Waals surface area (Å²) in [6, 6.07) is 10.2. The maximum absolute atomic E-state index is 5.98. The first-order chi connectivity index (χ1) is 9.45. The van der Waals surface area contributed by atoms with Crippen molar-refractivity contribution in [2.45, 2.75) is 13.5 Å². The molecule has 0 radical (unpaired) electrons.